The van der Waals surface area contributed by atoms with Crippen molar-refractivity contribution in [2.75, 3.05) is 17.2 Å². The van der Waals surface area contributed by atoms with E-state index in [1.165, 1.54) is 0 Å². The van der Waals surface area contributed by atoms with Gasteiger partial charge < -0.3 is 10.6 Å². The molecule has 1 heterocycles. The molecule has 0 aromatic heterocycles. The van der Waals surface area contributed by atoms with Gasteiger partial charge in [0.1, 0.15) is 17.4 Å². The number of benzene rings is 1. The first kappa shape index (κ1) is 14.8. The Hall–Kier alpha value is -2.64. The number of para-hydroxylation sites is 1. The number of rotatable bonds is 5. The minimum absolute atomic E-state index is 0.107. The van der Waals surface area contributed by atoms with Crippen molar-refractivity contribution >= 4 is 28.9 Å². The number of anilines is 2. The standard InChI is InChI=1S/C13H16N4O4/c1-2-14-8-4-3-5-9(12(8)17(20)21)15-10-6-7-11(18)16-13(10)19/h3-5,10,14-15H,2,6-7H2,1H3,(H,16,18,19). The molecule has 0 saturated carbocycles. The number of imide groups is 1. The van der Waals surface area contributed by atoms with Crippen LogP contribution in [0.1, 0.15) is 19.8 Å². The zero-order valence-electron chi connectivity index (χ0n) is 11.5. The van der Waals surface area contributed by atoms with Crippen LogP contribution in [0.5, 0.6) is 0 Å². The van der Waals surface area contributed by atoms with Crippen LogP contribution in [0.4, 0.5) is 17.1 Å². The SMILES string of the molecule is CCNc1cccc(NC2CCC(=O)NC2=O)c1[N+](=O)[O-]. The van der Waals surface area contributed by atoms with Crippen molar-refractivity contribution in [3.05, 3.63) is 28.3 Å². The first-order valence-electron chi connectivity index (χ1n) is 6.64. The van der Waals surface area contributed by atoms with Crippen LogP contribution >= 0.6 is 0 Å². The molecule has 0 bridgehead atoms. The summed E-state index contributed by atoms with van der Waals surface area (Å²) in [5, 5.41) is 19.2. The van der Waals surface area contributed by atoms with E-state index in [0.29, 0.717) is 18.7 Å². The van der Waals surface area contributed by atoms with Gasteiger partial charge in [-0.2, -0.15) is 0 Å². The second-order valence-corrected chi connectivity index (χ2v) is 4.64. The summed E-state index contributed by atoms with van der Waals surface area (Å²) in [4.78, 5) is 33.6. The summed E-state index contributed by atoms with van der Waals surface area (Å²) in [5.41, 5.74) is 0.539. The quantitative estimate of drug-likeness (QED) is 0.427. The molecule has 2 amide bonds. The van der Waals surface area contributed by atoms with Crippen molar-refractivity contribution in [1.29, 1.82) is 0 Å². The summed E-state index contributed by atoms with van der Waals surface area (Å²) >= 11 is 0. The first-order valence-corrected chi connectivity index (χ1v) is 6.64. The monoisotopic (exact) mass is 292 g/mol. The summed E-state index contributed by atoms with van der Waals surface area (Å²) in [6, 6.07) is 4.16. The number of nitrogens with zero attached hydrogens (tertiary/aromatic N) is 1. The first-order chi connectivity index (χ1) is 10.0. The predicted octanol–water partition coefficient (Wildman–Crippen LogP) is 1.24. The molecule has 1 unspecified atom stereocenters. The fraction of sp³-hybridized carbons (Fsp3) is 0.385. The maximum absolute atomic E-state index is 11.7. The third-order valence-corrected chi connectivity index (χ3v) is 3.15. The van der Waals surface area contributed by atoms with E-state index in [9.17, 15) is 19.7 Å². The van der Waals surface area contributed by atoms with Gasteiger partial charge in [-0.25, -0.2) is 0 Å². The second-order valence-electron chi connectivity index (χ2n) is 4.64. The minimum Gasteiger partial charge on any atom is -0.380 e. The third-order valence-electron chi connectivity index (χ3n) is 3.15. The van der Waals surface area contributed by atoms with E-state index in [2.05, 4.69) is 16.0 Å². The molecule has 0 aliphatic carbocycles. The predicted molar refractivity (Wildman–Crippen MR) is 77.1 cm³/mol. The number of piperidine rings is 1. The number of nitrogens with one attached hydrogen (secondary N) is 3. The lowest BCUT2D eigenvalue weighted by Crippen LogP contribution is -2.47. The molecule has 1 saturated heterocycles. The summed E-state index contributed by atoms with van der Waals surface area (Å²) in [6.07, 6.45) is 0.525. The lowest BCUT2D eigenvalue weighted by atomic mass is 10.1. The topological polar surface area (TPSA) is 113 Å². The lowest BCUT2D eigenvalue weighted by Gasteiger charge is -2.23. The molecule has 1 atom stereocenters. The molecular weight excluding hydrogens is 276 g/mol. The van der Waals surface area contributed by atoms with Crippen LogP contribution in [0.25, 0.3) is 0 Å². The van der Waals surface area contributed by atoms with E-state index >= 15 is 0 Å². The molecule has 112 valence electrons. The molecule has 8 nitrogen and oxygen atoms in total. The minimum atomic E-state index is -0.654. The van der Waals surface area contributed by atoms with E-state index in [1.54, 1.807) is 18.2 Å². The second kappa shape index (κ2) is 6.21. The average Bonchev–Trinajstić information content (AvgIpc) is 2.42. The third kappa shape index (κ3) is 3.28. The maximum Gasteiger partial charge on any atom is 0.315 e. The van der Waals surface area contributed by atoms with Gasteiger partial charge in [0.25, 0.3) is 0 Å². The number of carbonyl (C=O) groups excluding carboxylic acids is 2. The number of hydrogen-bond donors (Lipinski definition) is 3. The summed E-state index contributed by atoms with van der Waals surface area (Å²) in [5.74, 6) is -0.789. The van der Waals surface area contributed by atoms with E-state index < -0.39 is 16.9 Å². The Labute approximate surface area is 121 Å². The Morgan fingerprint density at radius 2 is 2.10 bits per heavy atom. The lowest BCUT2D eigenvalue weighted by molar-refractivity contribution is -0.383. The van der Waals surface area contributed by atoms with Crippen LogP contribution in [-0.2, 0) is 9.59 Å². The zero-order chi connectivity index (χ0) is 15.4. The Kier molecular flexibility index (Phi) is 4.36. The Balaban J connectivity index is 2.27. The number of amides is 2. The Morgan fingerprint density at radius 3 is 2.71 bits per heavy atom. The van der Waals surface area contributed by atoms with Crippen LogP contribution in [-0.4, -0.2) is 29.3 Å². The fourth-order valence-electron chi connectivity index (χ4n) is 2.21. The summed E-state index contributed by atoms with van der Waals surface area (Å²) < 4.78 is 0. The summed E-state index contributed by atoms with van der Waals surface area (Å²) in [6.45, 7) is 2.38. The van der Waals surface area contributed by atoms with Gasteiger partial charge >= 0.3 is 5.69 Å². The van der Waals surface area contributed by atoms with Crippen LogP contribution in [0.15, 0.2) is 18.2 Å². The zero-order valence-corrected chi connectivity index (χ0v) is 11.5. The van der Waals surface area contributed by atoms with Gasteiger partial charge in [-0.3, -0.25) is 25.0 Å². The molecule has 21 heavy (non-hydrogen) atoms. The number of hydrogen-bond acceptors (Lipinski definition) is 6. The van der Waals surface area contributed by atoms with Crippen LogP contribution in [0.3, 0.4) is 0 Å². The van der Waals surface area contributed by atoms with E-state index in [0.717, 1.165) is 0 Å². The molecule has 1 aliphatic heterocycles. The molecule has 2 rings (SSSR count). The molecule has 3 N–H and O–H groups in total. The van der Waals surface area contributed by atoms with Crippen LogP contribution < -0.4 is 16.0 Å². The van der Waals surface area contributed by atoms with Gasteiger partial charge in [0.05, 0.1) is 4.92 Å². The molecule has 1 aliphatic rings. The molecule has 0 radical (unpaired) electrons. The van der Waals surface area contributed by atoms with E-state index in [4.69, 9.17) is 0 Å². The van der Waals surface area contributed by atoms with Crippen molar-refractivity contribution in [2.45, 2.75) is 25.8 Å². The molecule has 1 aromatic rings. The van der Waals surface area contributed by atoms with Gasteiger partial charge in [-0.1, -0.05) is 6.07 Å². The molecule has 1 aromatic carbocycles. The van der Waals surface area contributed by atoms with E-state index in [-0.39, 0.29) is 23.7 Å². The smallest absolute Gasteiger partial charge is 0.315 e. The van der Waals surface area contributed by atoms with Gasteiger partial charge in [0, 0.05) is 13.0 Å². The fourth-order valence-corrected chi connectivity index (χ4v) is 2.21. The molecular formula is C13H16N4O4. The van der Waals surface area contributed by atoms with Gasteiger partial charge in [-0.15, -0.1) is 0 Å². The highest BCUT2D eigenvalue weighted by Crippen LogP contribution is 2.33. The van der Waals surface area contributed by atoms with Gasteiger partial charge in [0.2, 0.25) is 11.8 Å². The normalized spacial score (nSPS) is 18.0. The largest absolute Gasteiger partial charge is 0.380 e. The van der Waals surface area contributed by atoms with Crippen molar-refractivity contribution in [3.63, 3.8) is 0 Å². The highest BCUT2D eigenvalue weighted by atomic mass is 16.6. The maximum atomic E-state index is 11.7. The van der Waals surface area contributed by atoms with Crippen molar-refractivity contribution in [3.8, 4) is 0 Å². The number of nitro benzene ring substituents is 1. The van der Waals surface area contributed by atoms with Crippen LogP contribution in [0, 0.1) is 10.1 Å². The van der Waals surface area contributed by atoms with Crippen molar-refractivity contribution in [1.82, 2.24) is 5.32 Å². The summed E-state index contributed by atoms with van der Waals surface area (Å²) in [7, 11) is 0. The Bertz CT molecular complexity index is 588. The molecule has 1 fully saturated rings. The highest BCUT2D eigenvalue weighted by Gasteiger charge is 2.29. The van der Waals surface area contributed by atoms with Gasteiger partial charge in [-0.05, 0) is 25.5 Å². The van der Waals surface area contributed by atoms with E-state index in [1.807, 2.05) is 6.92 Å². The van der Waals surface area contributed by atoms with Gasteiger partial charge in [0.15, 0.2) is 0 Å². The molecule has 0 spiro atoms. The highest BCUT2D eigenvalue weighted by molar-refractivity contribution is 6.01. The molecule has 8 heteroatoms. The number of carbonyl (C=O) groups is 2. The average molecular weight is 292 g/mol. The van der Waals surface area contributed by atoms with Crippen molar-refractivity contribution < 1.29 is 14.5 Å². The number of nitro groups is 1. The van der Waals surface area contributed by atoms with Crippen molar-refractivity contribution in [2.24, 2.45) is 0 Å². The van der Waals surface area contributed by atoms with Crippen LogP contribution in [0.2, 0.25) is 0 Å². The Morgan fingerprint density at radius 1 is 1.38 bits per heavy atom.